The third-order valence-corrected chi connectivity index (χ3v) is 3.17. The Kier molecular flexibility index (Phi) is 5.74. The van der Waals surface area contributed by atoms with Crippen LogP contribution in [0.25, 0.3) is 0 Å². The van der Waals surface area contributed by atoms with Crippen LogP contribution in [0.3, 0.4) is 0 Å². The van der Waals surface area contributed by atoms with Crippen molar-refractivity contribution < 1.29 is 23.8 Å². The minimum absolute atomic E-state index is 0.281. The summed E-state index contributed by atoms with van der Waals surface area (Å²) < 4.78 is 15.9. The number of ether oxygens (including phenoxy) is 3. The number of carbonyl (C=O) groups is 2. The van der Waals surface area contributed by atoms with Crippen molar-refractivity contribution in [2.75, 3.05) is 20.3 Å². The second-order valence-electron chi connectivity index (χ2n) is 4.88. The molecular weight excluding hydrogens is 296 g/mol. The second kappa shape index (κ2) is 7.98. The first-order valence-corrected chi connectivity index (χ1v) is 7.14. The molecule has 2 aromatic carbocycles. The minimum atomic E-state index is -0.439. The van der Waals surface area contributed by atoms with Crippen molar-refractivity contribution in [3.8, 4) is 11.5 Å². The largest absolute Gasteiger partial charge is 0.490 e. The van der Waals surface area contributed by atoms with Gasteiger partial charge in [0.15, 0.2) is 0 Å². The number of aryl methyl sites for hydroxylation is 1. The van der Waals surface area contributed by atoms with Gasteiger partial charge in [0.05, 0.1) is 7.11 Å². The smallest absolute Gasteiger partial charge is 0.341 e. The number of carbonyl (C=O) groups excluding carboxylic acids is 2. The maximum atomic E-state index is 11.7. The van der Waals surface area contributed by atoms with Crippen LogP contribution in [0, 0.1) is 6.92 Å². The van der Waals surface area contributed by atoms with Crippen LogP contribution in [0.1, 0.15) is 26.3 Å². The Morgan fingerprint density at radius 2 is 1.74 bits per heavy atom. The van der Waals surface area contributed by atoms with Crippen molar-refractivity contribution in [2.45, 2.75) is 6.92 Å². The molecule has 0 aromatic heterocycles. The molecular formula is C18H18O5. The van der Waals surface area contributed by atoms with Crippen LogP contribution in [0.15, 0.2) is 42.5 Å². The summed E-state index contributed by atoms with van der Waals surface area (Å²) in [5.41, 5.74) is 1.96. The number of methoxy groups -OCH3 is 1. The molecule has 0 saturated heterocycles. The summed E-state index contributed by atoms with van der Waals surface area (Å²) in [5.74, 6) is 0.679. The zero-order valence-electron chi connectivity index (χ0n) is 13.1. The van der Waals surface area contributed by atoms with E-state index in [9.17, 15) is 9.59 Å². The first-order valence-electron chi connectivity index (χ1n) is 7.14. The van der Waals surface area contributed by atoms with E-state index in [1.807, 2.05) is 13.0 Å². The zero-order valence-corrected chi connectivity index (χ0v) is 13.1. The lowest BCUT2D eigenvalue weighted by molar-refractivity contribution is 0.0595. The molecule has 0 heterocycles. The van der Waals surface area contributed by atoms with Gasteiger partial charge in [-0.25, -0.2) is 4.79 Å². The highest BCUT2D eigenvalue weighted by atomic mass is 16.5. The molecule has 5 nitrogen and oxygen atoms in total. The summed E-state index contributed by atoms with van der Waals surface area (Å²) in [6, 6.07) is 12.1. The monoisotopic (exact) mass is 314 g/mol. The molecule has 0 fully saturated rings. The van der Waals surface area contributed by atoms with Gasteiger partial charge in [0.2, 0.25) is 0 Å². The molecule has 2 rings (SSSR count). The topological polar surface area (TPSA) is 61.8 Å². The summed E-state index contributed by atoms with van der Waals surface area (Å²) in [4.78, 5) is 22.3. The summed E-state index contributed by atoms with van der Waals surface area (Å²) in [7, 11) is 1.33. The maximum absolute atomic E-state index is 11.7. The molecule has 0 aliphatic carbocycles. The summed E-state index contributed by atoms with van der Waals surface area (Å²) >= 11 is 0. The molecule has 0 atom stereocenters. The van der Waals surface area contributed by atoms with Crippen LogP contribution in [-0.4, -0.2) is 32.6 Å². The predicted molar refractivity (Wildman–Crippen MR) is 85.3 cm³/mol. The van der Waals surface area contributed by atoms with Gasteiger partial charge < -0.3 is 14.2 Å². The second-order valence-corrected chi connectivity index (χ2v) is 4.88. The fourth-order valence-corrected chi connectivity index (χ4v) is 1.98. The van der Waals surface area contributed by atoms with E-state index in [0.29, 0.717) is 29.2 Å². The number of aldehydes is 1. The van der Waals surface area contributed by atoms with Crippen molar-refractivity contribution in [3.05, 3.63) is 59.2 Å². The van der Waals surface area contributed by atoms with Gasteiger partial charge in [-0.3, -0.25) is 4.79 Å². The fourth-order valence-electron chi connectivity index (χ4n) is 1.98. The Morgan fingerprint density at radius 3 is 2.39 bits per heavy atom. The number of hydrogen-bond acceptors (Lipinski definition) is 5. The van der Waals surface area contributed by atoms with Gasteiger partial charge in [-0.05, 0) is 48.9 Å². The summed E-state index contributed by atoms with van der Waals surface area (Å²) in [6.45, 7) is 2.51. The molecule has 0 N–H and O–H groups in total. The van der Waals surface area contributed by atoms with Gasteiger partial charge >= 0.3 is 5.97 Å². The van der Waals surface area contributed by atoms with Gasteiger partial charge in [0.25, 0.3) is 0 Å². The molecule has 23 heavy (non-hydrogen) atoms. The van der Waals surface area contributed by atoms with E-state index in [1.54, 1.807) is 36.4 Å². The van der Waals surface area contributed by atoms with Gasteiger partial charge in [-0.1, -0.05) is 6.07 Å². The predicted octanol–water partition coefficient (Wildman–Crippen LogP) is 3.05. The van der Waals surface area contributed by atoms with E-state index >= 15 is 0 Å². The van der Waals surface area contributed by atoms with E-state index < -0.39 is 5.97 Å². The highest BCUT2D eigenvalue weighted by molar-refractivity contribution is 5.92. The molecule has 0 aliphatic heterocycles. The molecule has 0 amide bonds. The van der Waals surface area contributed by atoms with Gasteiger partial charge in [-0.2, -0.15) is 0 Å². The molecule has 0 aliphatic rings. The molecule has 2 aromatic rings. The first-order chi connectivity index (χ1) is 11.1. The quantitative estimate of drug-likeness (QED) is 0.446. The number of rotatable bonds is 7. The summed E-state index contributed by atoms with van der Waals surface area (Å²) in [6.07, 6.45) is 0.777. The Hall–Kier alpha value is -2.82. The van der Waals surface area contributed by atoms with Crippen LogP contribution in [-0.2, 0) is 4.74 Å². The van der Waals surface area contributed by atoms with Crippen molar-refractivity contribution in [3.63, 3.8) is 0 Å². The molecule has 0 spiro atoms. The lowest BCUT2D eigenvalue weighted by atomic mass is 10.1. The Morgan fingerprint density at radius 1 is 1.04 bits per heavy atom. The highest BCUT2D eigenvalue weighted by Crippen LogP contribution is 2.21. The average molecular weight is 314 g/mol. The summed E-state index contributed by atoms with van der Waals surface area (Å²) in [5, 5.41) is 0. The van der Waals surface area contributed by atoms with Gasteiger partial charge in [0.1, 0.15) is 36.6 Å². The third kappa shape index (κ3) is 4.57. The van der Waals surface area contributed by atoms with Gasteiger partial charge in [0, 0.05) is 5.56 Å². The van der Waals surface area contributed by atoms with E-state index in [4.69, 9.17) is 14.2 Å². The molecule has 0 saturated carbocycles. The Balaban J connectivity index is 1.91. The number of benzene rings is 2. The first kappa shape index (κ1) is 16.5. The lowest BCUT2D eigenvalue weighted by Gasteiger charge is -2.12. The zero-order chi connectivity index (χ0) is 16.7. The van der Waals surface area contributed by atoms with Crippen LogP contribution in [0.5, 0.6) is 11.5 Å². The molecule has 0 unspecified atom stereocenters. The lowest BCUT2D eigenvalue weighted by Crippen LogP contribution is -2.12. The third-order valence-electron chi connectivity index (χ3n) is 3.17. The van der Waals surface area contributed by atoms with Crippen LogP contribution >= 0.6 is 0 Å². The average Bonchev–Trinajstić information content (AvgIpc) is 2.58. The molecule has 120 valence electrons. The SMILES string of the molecule is COC(=O)c1ccc(C)cc1OCCOc1ccc(C=O)cc1. The van der Waals surface area contributed by atoms with E-state index in [2.05, 4.69) is 0 Å². The standard InChI is InChI=1S/C18H18O5/c1-13-3-8-16(18(20)21-2)17(11-13)23-10-9-22-15-6-4-14(12-19)5-7-15/h3-8,11-12H,9-10H2,1-2H3. The van der Waals surface area contributed by atoms with Crippen LogP contribution in [0.4, 0.5) is 0 Å². The Bertz CT molecular complexity index is 676. The van der Waals surface area contributed by atoms with Crippen LogP contribution in [0.2, 0.25) is 0 Å². The van der Waals surface area contributed by atoms with Crippen molar-refractivity contribution in [1.29, 1.82) is 0 Å². The molecule has 5 heteroatoms. The highest BCUT2D eigenvalue weighted by Gasteiger charge is 2.13. The molecule has 0 radical (unpaired) electrons. The number of esters is 1. The Labute approximate surface area is 134 Å². The fraction of sp³-hybridized carbons (Fsp3) is 0.222. The minimum Gasteiger partial charge on any atom is -0.490 e. The normalized spacial score (nSPS) is 10.0. The van der Waals surface area contributed by atoms with Crippen molar-refractivity contribution >= 4 is 12.3 Å². The van der Waals surface area contributed by atoms with Crippen molar-refractivity contribution in [2.24, 2.45) is 0 Å². The van der Waals surface area contributed by atoms with Crippen LogP contribution < -0.4 is 9.47 Å². The van der Waals surface area contributed by atoms with Crippen molar-refractivity contribution in [1.82, 2.24) is 0 Å². The van der Waals surface area contributed by atoms with E-state index in [0.717, 1.165) is 11.8 Å². The molecule has 0 bridgehead atoms. The van der Waals surface area contributed by atoms with Gasteiger partial charge in [-0.15, -0.1) is 0 Å². The maximum Gasteiger partial charge on any atom is 0.341 e. The van der Waals surface area contributed by atoms with E-state index in [-0.39, 0.29) is 6.61 Å². The van der Waals surface area contributed by atoms with E-state index in [1.165, 1.54) is 7.11 Å². The number of hydrogen-bond donors (Lipinski definition) is 0.